The van der Waals surface area contributed by atoms with Gasteiger partial charge >= 0.3 is 0 Å². The second kappa shape index (κ2) is 5.12. The molecule has 5 heteroatoms. The van der Waals surface area contributed by atoms with Crippen LogP contribution in [0.2, 0.25) is 0 Å². The molecule has 2 rings (SSSR count). The van der Waals surface area contributed by atoms with Gasteiger partial charge in [0.25, 0.3) is 0 Å². The van der Waals surface area contributed by atoms with E-state index >= 15 is 0 Å². The van der Waals surface area contributed by atoms with Crippen LogP contribution in [-0.2, 0) is 11.3 Å². The summed E-state index contributed by atoms with van der Waals surface area (Å²) in [7, 11) is 1.69. The van der Waals surface area contributed by atoms with E-state index in [-0.39, 0.29) is 6.04 Å². The van der Waals surface area contributed by atoms with E-state index in [9.17, 15) is 0 Å². The maximum Gasteiger partial charge on any atom is 0.185 e. The molecule has 1 aromatic rings. The first-order valence-electron chi connectivity index (χ1n) is 5.71. The van der Waals surface area contributed by atoms with Gasteiger partial charge in [0, 0.05) is 31.1 Å². The monoisotopic (exact) mass is 241 g/mol. The number of hydrogen-bond donors (Lipinski definition) is 1. The van der Waals surface area contributed by atoms with Crippen LogP contribution in [0.5, 0.6) is 0 Å². The van der Waals surface area contributed by atoms with Crippen LogP contribution < -0.4 is 10.6 Å². The first kappa shape index (κ1) is 11.8. The van der Waals surface area contributed by atoms with Gasteiger partial charge in [-0.3, -0.25) is 0 Å². The number of nitrogens with zero attached hydrogens (tertiary/aromatic N) is 2. The van der Waals surface area contributed by atoms with Crippen molar-refractivity contribution in [2.24, 2.45) is 5.73 Å². The number of ether oxygens (including phenoxy) is 1. The molecule has 0 amide bonds. The van der Waals surface area contributed by atoms with Crippen molar-refractivity contribution in [3.8, 4) is 0 Å². The van der Waals surface area contributed by atoms with Crippen molar-refractivity contribution in [3.05, 3.63) is 10.6 Å². The average Bonchev–Trinajstić information content (AvgIpc) is 2.83. The lowest BCUT2D eigenvalue weighted by atomic mass is 10.2. The summed E-state index contributed by atoms with van der Waals surface area (Å²) in [6.45, 7) is 4.80. The zero-order valence-electron chi connectivity index (χ0n) is 9.90. The highest BCUT2D eigenvalue weighted by molar-refractivity contribution is 7.15. The van der Waals surface area contributed by atoms with Crippen LogP contribution in [0.15, 0.2) is 0 Å². The average molecular weight is 241 g/mol. The van der Waals surface area contributed by atoms with E-state index in [0.717, 1.165) is 28.8 Å². The largest absolute Gasteiger partial charge is 0.378 e. The lowest BCUT2D eigenvalue weighted by molar-refractivity contribution is 0.181. The molecule has 0 radical (unpaired) electrons. The van der Waals surface area contributed by atoms with E-state index < -0.39 is 0 Å². The van der Waals surface area contributed by atoms with Crippen LogP contribution in [0.3, 0.4) is 0 Å². The van der Waals surface area contributed by atoms with Crippen LogP contribution >= 0.6 is 11.3 Å². The molecule has 0 saturated carbocycles. The van der Waals surface area contributed by atoms with E-state index in [4.69, 9.17) is 10.5 Å². The van der Waals surface area contributed by atoms with Crippen molar-refractivity contribution in [2.75, 3.05) is 25.1 Å². The van der Waals surface area contributed by atoms with Gasteiger partial charge in [-0.1, -0.05) is 11.3 Å². The van der Waals surface area contributed by atoms with Gasteiger partial charge in [0.05, 0.1) is 12.3 Å². The SMILES string of the molecule is COCc1nc(N2CCCC2)sc1C(C)N. The Morgan fingerprint density at radius 2 is 2.19 bits per heavy atom. The van der Waals surface area contributed by atoms with Crippen LogP contribution in [0, 0.1) is 0 Å². The fourth-order valence-electron chi connectivity index (χ4n) is 1.99. The second-order valence-corrected chi connectivity index (χ2v) is 5.23. The number of nitrogens with two attached hydrogens (primary N) is 1. The lowest BCUT2D eigenvalue weighted by Gasteiger charge is -2.12. The number of hydrogen-bond acceptors (Lipinski definition) is 5. The molecule has 1 saturated heterocycles. The van der Waals surface area contributed by atoms with Crippen LogP contribution in [0.1, 0.15) is 36.4 Å². The predicted octanol–water partition coefficient (Wildman–Crippen LogP) is 1.91. The normalized spacial score (nSPS) is 18.1. The molecular weight excluding hydrogens is 222 g/mol. The highest BCUT2D eigenvalue weighted by Crippen LogP contribution is 2.32. The van der Waals surface area contributed by atoms with Crippen molar-refractivity contribution >= 4 is 16.5 Å². The van der Waals surface area contributed by atoms with Crippen LogP contribution in [0.4, 0.5) is 5.13 Å². The Labute approximate surface area is 100 Å². The van der Waals surface area contributed by atoms with E-state index in [2.05, 4.69) is 9.88 Å². The molecule has 1 fully saturated rings. The van der Waals surface area contributed by atoms with E-state index in [1.54, 1.807) is 18.4 Å². The van der Waals surface area contributed by atoms with Crippen LogP contribution in [0.25, 0.3) is 0 Å². The molecule has 0 aliphatic carbocycles. The molecule has 4 nitrogen and oxygen atoms in total. The Bertz CT molecular complexity index is 345. The smallest absolute Gasteiger partial charge is 0.185 e. The third-order valence-corrected chi connectivity index (χ3v) is 4.15. The van der Waals surface area contributed by atoms with Gasteiger partial charge in [-0.25, -0.2) is 4.98 Å². The molecule has 0 bridgehead atoms. The third kappa shape index (κ3) is 2.36. The number of aromatic nitrogens is 1. The second-order valence-electron chi connectivity index (χ2n) is 4.22. The van der Waals surface area contributed by atoms with Gasteiger partial charge in [0.1, 0.15) is 0 Å². The fraction of sp³-hybridized carbons (Fsp3) is 0.727. The van der Waals surface area contributed by atoms with Gasteiger partial charge in [0.15, 0.2) is 5.13 Å². The van der Waals surface area contributed by atoms with E-state index in [1.165, 1.54) is 12.8 Å². The third-order valence-electron chi connectivity index (χ3n) is 2.79. The molecule has 2 N–H and O–H groups in total. The molecule has 0 spiro atoms. The maximum atomic E-state index is 5.95. The summed E-state index contributed by atoms with van der Waals surface area (Å²) in [4.78, 5) is 8.14. The summed E-state index contributed by atoms with van der Waals surface area (Å²) in [5.74, 6) is 0. The molecule has 1 unspecified atom stereocenters. The minimum atomic E-state index is 0.0407. The number of thiazole rings is 1. The van der Waals surface area contributed by atoms with Gasteiger partial charge in [0.2, 0.25) is 0 Å². The Kier molecular flexibility index (Phi) is 3.78. The van der Waals surface area contributed by atoms with E-state index in [0.29, 0.717) is 6.61 Å². The number of methoxy groups -OCH3 is 1. The molecule has 16 heavy (non-hydrogen) atoms. The van der Waals surface area contributed by atoms with Crippen molar-refractivity contribution in [1.82, 2.24) is 4.98 Å². The predicted molar refractivity (Wildman–Crippen MR) is 66.9 cm³/mol. The van der Waals surface area contributed by atoms with Gasteiger partial charge < -0.3 is 15.4 Å². The molecule has 1 atom stereocenters. The number of rotatable bonds is 4. The quantitative estimate of drug-likeness (QED) is 0.875. The van der Waals surface area contributed by atoms with Crippen molar-refractivity contribution in [2.45, 2.75) is 32.4 Å². The molecule has 90 valence electrons. The minimum absolute atomic E-state index is 0.0407. The standard InChI is InChI=1S/C11H19N3OS/c1-8(12)10-9(7-15-2)13-11(16-10)14-5-3-4-6-14/h8H,3-7,12H2,1-2H3. The summed E-state index contributed by atoms with van der Waals surface area (Å²) in [6.07, 6.45) is 2.54. The first-order valence-corrected chi connectivity index (χ1v) is 6.53. The Morgan fingerprint density at radius 3 is 2.75 bits per heavy atom. The Hall–Kier alpha value is -0.650. The zero-order chi connectivity index (χ0) is 11.5. The molecular formula is C11H19N3OS. The van der Waals surface area contributed by atoms with Crippen molar-refractivity contribution in [1.29, 1.82) is 0 Å². The molecule has 1 aromatic heterocycles. The first-order chi connectivity index (χ1) is 7.72. The van der Waals surface area contributed by atoms with Gasteiger partial charge in [-0.15, -0.1) is 0 Å². The summed E-state index contributed by atoms with van der Waals surface area (Å²) in [6, 6.07) is 0.0407. The Morgan fingerprint density at radius 1 is 1.50 bits per heavy atom. The highest BCUT2D eigenvalue weighted by atomic mass is 32.1. The van der Waals surface area contributed by atoms with Crippen molar-refractivity contribution < 1.29 is 4.74 Å². The number of anilines is 1. The fourth-order valence-corrected chi connectivity index (χ4v) is 3.06. The minimum Gasteiger partial charge on any atom is -0.378 e. The van der Waals surface area contributed by atoms with Crippen LogP contribution in [-0.4, -0.2) is 25.2 Å². The van der Waals surface area contributed by atoms with Gasteiger partial charge in [-0.05, 0) is 19.8 Å². The molecule has 1 aliphatic heterocycles. The highest BCUT2D eigenvalue weighted by Gasteiger charge is 2.20. The molecule has 1 aliphatic rings. The van der Waals surface area contributed by atoms with Crippen molar-refractivity contribution in [3.63, 3.8) is 0 Å². The molecule has 2 heterocycles. The summed E-state index contributed by atoms with van der Waals surface area (Å²) in [5.41, 5.74) is 6.96. The summed E-state index contributed by atoms with van der Waals surface area (Å²) in [5, 5.41) is 1.11. The topological polar surface area (TPSA) is 51.4 Å². The zero-order valence-corrected chi connectivity index (χ0v) is 10.7. The van der Waals surface area contributed by atoms with E-state index in [1.807, 2.05) is 6.92 Å². The molecule has 0 aromatic carbocycles. The summed E-state index contributed by atoms with van der Waals surface area (Å²) >= 11 is 1.71. The lowest BCUT2D eigenvalue weighted by Crippen LogP contribution is -2.17. The van der Waals surface area contributed by atoms with Gasteiger partial charge in [-0.2, -0.15) is 0 Å². The Balaban J connectivity index is 2.22. The summed E-state index contributed by atoms with van der Waals surface area (Å²) < 4.78 is 5.16. The maximum absolute atomic E-state index is 5.95.